The molecule has 1 unspecified atom stereocenters. The number of nitrogens with zero attached hydrogens (tertiary/aromatic N) is 1. The van der Waals surface area contributed by atoms with Crippen LogP contribution in [0.2, 0.25) is 0 Å². The Kier molecular flexibility index (Phi) is 10.8. The molecule has 1 aromatic heterocycles. The molecule has 1 atom stereocenters. The summed E-state index contributed by atoms with van der Waals surface area (Å²) in [5.74, 6) is 1.91. The number of anilines is 1. The molecule has 180 valence electrons. The summed E-state index contributed by atoms with van der Waals surface area (Å²) >= 11 is 2.89. The summed E-state index contributed by atoms with van der Waals surface area (Å²) < 4.78 is 6.93. The van der Waals surface area contributed by atoms with Crippen LogP contribution in [0.25, 0.3) is 0 Å². The van der Waals surface area contributed by atoms with Gasteiger partial charge in [0.1, 0.15) is 0 Å². The number of carboxylic acid groups (broad SMARTS) is 1. The molecule has 2 N–H and O–H groups in total. The Morgan fingerprint density at radius 1 is 1.19 bits per heavy atom. The molecule has 2 saturated carbocycles. The third-order valence-corrected chi connectivity index (χ3v) is 8.99. The van der Waals surface area contributed by atoms with Gasteiger partial charge in [0.15, 0.2) is 5.13 Å². The molecule has 1 aromatic rings. The molecular weight excluding hydrogens is 444 g/mol. The molecule has 0 bridgehead atoms. The van der Waals surface area contributed by atoms with Crippen LogP contribution in [0, 0.1) is 17.8 Å². The van der Waals surface area contributed by atoms with Crippen LogP contribution in [0.1, 0.15) is 84.0 Å². The van der Waals surface area contributed by atoms with Crippen molar-refractivity contribution < 1.29 is 19.4 Å². The lowest BCUT2D eigenvalue weighted by atomic mass is 9.71. The highest BCUT2D eigenvalue weighted by atomic mass is 32.2. The molecule has 32 heavy (non-hydrogen) atoms. The predicted molar refractivity (Wildman–Crippen MR) is 130 cm³/mol. The number of thioether (sulfide) groups is 1. The van der Waals surface area contributed by atoms with E-state index in [4.69, 9.17) is 9.84 Å². The lowest BCUT2D eigenvalue weighted by Gasteiger charge is -2.37. The quantitative estimate of drug-likeness (QED) is 0.324. The Bertz CT molecular complexity index is 713. The fourth-order valence-electron chi connectivity index (χ4n) is 5.31. The first-order valence-corrected chi connectivity index (χ1v) is 14.1. The number of hydrogen-bond donors (Lipinski definition) is 2. The van der Waals surface area contributed by atoms with Crippen LogP contribution in [0.5, 0.6) is 0 Å². The minimum atomic E-state index is -0.797. The molecule has 6 nitrogen and oxygen atoms in total. The van der Waals surface area contributed by atoms with E-state index in [2.05, 4.69) is 17.2 Å². The van der Waals surface area contributed by atoms with E-state index in [1.165, 1.54) is 74.5 Å². The van der Waals surface area contributed by atoms with E-state index in [9.17, 15) is 9.59 Å². The van der Waals surface area contributed by atoms with E-state index in [0.717, 1.165) is 35.5 Å². The van der Waals surface area contributed by atoms with Gasteiger partial charge in [-0.2, -0.15) is 0 Å². The highest BCUT2D eigenvalue weighted by Crippen LogP contribution is 2.43. The van der Waals surface area contributed by atoms with Gasteiger partial charge in [-0.3, -0.25) is 9.59 Å². The van der Waals surface area contributed by atoms with Gasteiger partial charge in [-0.25, -0.2) is 4.98 Å². The number of carboxylic acids is 1. The summed E-state index contributed by atoms with van der Waals surface area (Å²) in [7, 11) is 0. The minimum Gasteiger partial charge on any atom is -0.481 e. The lowest BCUT2D eigenvalue weighted by molar-refractivity contribution is -0.136. The first-order chi connectivity index (χ1) is 15.5. The van der Waals surface area contributed by atoms with Gasteiger partial charge in [0.05, 0.1) is 22.9 Å². The number of ether oxygens (including phenoxy) is 1. The maximum atomic E-state index is 12.6. The fraction of sp³-hybridized carbons (Fsp3) is 0.792. The monoisotopic (exact) mass is 482 g/mol. The van der Waals surface area contributed by atoms with Crippen LogP contribution in [0.3, 0.4) is 0 Å². The number of aromatic nitrogens is 1. The van der Waals surface area contributed by atoms with E-state index in [1.54, 1.807) is 6.20 Å². The zero-order valence-electron chi connectivity index (χ0n) is 19.2. The number of nitrogens with one attached hydrogen (secondary N) is 1. The zero-order chi connectivity index (χ0) is 22.8. The van der Waals surface area contributed by atoms with Crippen LogP contribution in [0.15, 0.2) is 10.4 Å². The molecule has 2 aliphatic carbocycles. The first-order valence-electron chi connectivity index (χ1n) is 12.3. The van der Waals surface area contributed by atoms with Crippen LogP contribution in [-0.2, 0) is 14.3 Å². The van der Waals surface area contributed by atoms with E-state index in [-0.39, 0.29) is 12.3 Å². The summed E-state index contributed by atoms with van der Waals surface area (Å²) in [5, 5.41) is 12.3. The van der Waals surface area contributed by atoms with Crippen molar-refractivity contribution in [1.82, 2.24) is 4.98 Å². The Morgan fingerprint density at radius 2 is 1.91 bits per heavy atom. The Labute approximate surface area is 200 Å². The second-order valence-electron chi connectivity index (χ2n) is 9.18. The Hall–Kier alpha value is -1.12. The number of carbonyl (C=O) groups is 2. The molecular formula is C24H38N2O4S2. The van der Waals surface area contributed by atoms with Crippen molar-refractivity contribution in [1.29, 1.82) is 0 Å². The maximum absolute atomic E-state index is 12.6. The molecule has 2 aliphatic rings. The molecule has 0 aromatic carbocycles. The number of amides is 1. The topological polar surface area (TPSA) is 88.5 Å². The average Bonchev–Trinajstić information content (AvgIpc) is 3.46. The first kappa shape index (κ1) is 25.5. The third-order valence-electron chi connectivity index (χ3n) is 6.88. The van der Waals surface area contributed by atoms with Crippen LogP contribution in [0.4, 0.5) is 5.13 Å². The van der Waals surface area contributed by atoms with Crippen molar-refractivity contribution in [2.45, 2.75) is 94.3 Å². The van der Waals surface area contributed by atoms with Gasteiger partial charge in [0, 0.05) is 18.8 Å². The Balaban J connectivity index is 1.46. The van der Waals surface area contributed by atoms with Crippen molar-refractivity contribution in [3.8, 4) is 0 Å². The van der Waals surface area contributed by atoms with Gasteiger partial charge in [-0.15, -0.1) is 11.8 Å². The fourth-order valence-corrected chi connectivity index (χ4v) is 7.21. The van der Waals surface area contributed by atoms with Crippen LogP contribution >= 0.6 is 23.1 Å². The summed E-state index contributed by atoms with van der Waals surface area (Å²) in [5.41, 5.74) is 0. The van der Waals surface area contributed by atoms with Crippen LogP contribution < -0.4 is 5.32 Å². The highest BCUT2D eigenvalue weighted by Gasteiger charge is 2.34. The molecule has 1 amide bonds. The summed E-state index contributed by atoms with van der Waals surface area (Å²) in [6, 6.07) is 0. The van der Waals surface area contributed by atoms with E-state index < -0.39 is 5.97 Å². The summed E-state index contributed by atoms with van der Waals surface area (Å²) in [6.07, 6.45) is 15.0. The SMILES string of the molecule is CCCOC1CCC(C(CCC(=O)Nc2ncc(SCCC(=O)O)s2)C2CCCC2)CC1. The second kappa shape index (κ2) is 13.6. The second-order valence-corrected chi connectivity index (χ2v) is 11.6. The summed E-state index contributed by atoms with van der Waals surface area (Å²) in [4.78, 5) is 27.6. The number of rotatable bonds is 13. The minimum absolute atomic E-state index is 0.0457. The number of thiazole rings is 1. The maximum Gasteiger partial charge on any atom is 0.304 e. The summed E-state index contributed by atoms with van der Waals surface area (Å²) in [6.45, 7) is 3.04. The van der Waals surface area contributed by atoms with Gasteiger partial charge in [0.25, 0.3) is 0 Å². The van der Waals surface area contributed by atoms with Gasteiger partial charge < -0.3 is 15.2 Å². The molecule has 0 saturated heterocycles. The molecule has 3 rings (SSSR count). The normalized spacial score (nSPS) is 22.7. The number of hydrogen-bond acceptors (Lipinski definition) is 6. The van der Waals surface area contributed by atoms with Crippen molar-refractivity contribution >= 4 is 40.1 Å². The highest BCUT2D eigenvalue weighted by molar-refractivity contribution is 8.01. The largest absolute Gasteiger partial charge is 0.481 e. The number of carbonyl (C=O) groups excluding carboxylic acids is 1. The molecule has 0 spiro atoms. The van der Waals surface area contributed by atoms with Gasteiger partial charge in [-0.1, -0.05) is 43.9 Å². The molecule has 8 heteroatoms. The smallest absolute Gasteiger partial charge is 0.304 e. The van der Waals surface area contributed by atoms with Gasteiger partial charge >= 0.3 is 5.97 Å². The average molecular weight is 483 g/mol. The standard InChI is InChI=1S/C24H38N2O4S2/c1-2-14-30-19-9-7-18(8-10-19)20(17-5-3-4-6-17)11-12-21(27)26-24-25-16-23(32-24)31-15-13-22(28)29/h16-20H,2-15H2,1H3,(H,28,29)(H,25,26,27). The third kappa shape index (κ3) is 8.34. The molecule has 1 heterocycles. The zero-order valence-corrected chi connectivity index (χ0v) is 20.9. The van der Waals surface area contributed by atoms with E-state index in [0.29, 0.717) is 29.3 Å². The van der Waals surface area contributed by atoms with Crippen LogP contribution in [-0.4, -0.2) is 40.4 Å². The molecule has 2 fully saturated rings. The van der Waals surface area contributed by atoms with Crippen molar-refractivity contribution in [3.63, 3.8) is 0 Å². The van der Waals surface area contributed by atoms with Crippen molar-refractivity contribution in [2.75, 3.05) is 17.7 Å². The predicted octanol–water partition coefficient (Wildman–Crippen LogP) is 6.22. The number of aliphatic carboxylic acids is 1. The van der Waals surface area contributed by atoms with Gasteiger partial charge in [0.2, 0.25) is 5.91 Å². The van der Waals surface area contributed by atoms with E-state index >= 15 is 0 Å². The lowest BCUT2D eigenvalue weighted by Crippen LogP contribution is -2.30. The molecule has 0 radical (unpaired) electrons. The Morgan fingerprint density at radius 3 is 2.59 bits per heavy atom. The van der Waals surface area contributed by atoms with Gasteiger partial charge in [-0.05, 0) is 56.3 Å². The van der Waals surface area contributed by atoms with Crippen molar-refractivity contribution in [3.05, 3.63) is 6.20 Å². The van der Waals surface area contributed by atoms with E-state index in [1.807, 2.05) is 0 Å². The molecule has 0 aliphatic heterocycles. The van der Waals surface area contributed by atoms with Crippen molar-refractivity contribution in [2.24, 2.45) is 17.8 Å².